The van der Waals surface area contributed by atoms with Gasteiger partial charge in [0.25, 0.3) is 0 Å². The van der Waals surface area contributed by atoms with Crippen LogP contribution in [0.3, 0.4) is 0 Å². The molecule has 1 aromatic carbocycles. The Balaban J connectivity index is 2.04. The van der Waals surface area contributed by atoms with Crippen LogP contribution in [0.25, 0.3) is 11.0 Å². The van der Waals surface area contributed by atoms with Crippen LogP contribution < -0.4 is 0 Å². The van der Waals surface area contributed by atoms with Gasteiger partial charge < -0.3 is 14.8 Å². The summed E-state index contributed by atoms with van der Waals surface area (Å²) < 4.78 is 1.97. The summed E-state index contributed by atoms with van der Waals surface area (Å²) in [6, 6.07) is 5.46. The van der Waals surface area contributed by atoms with Crippen LogP contribution in [0.15, 0.2) is 18.2 Å². The van der Waals surface area contributed by atoms with E-state index in [1.54, 1.807) is 12.1 Å². The molecule has 1 aliphatic carbocycles. The molecule has 1 heterocycles. The molecule has 0 saturated heterocycles. The summed E-state index contributed by atoms with van der Waals surface area (Å²) in [6.07, 6.45) is 0.0997. The van der Waals surface area contributed by atoms with E-state index in [4.69, 9.17) is 0 Å². The SMILES string of the molecule is Cc1nc2cc(C(O)C3(C(=O)O)CC3)ccc2n1C. The standard InChI is InChI=1S/C14H16N2O3/c1-8-15-10-7-9(3-4-11(10)16(8)2)12(17)14(5-6-14)13(18)19/h3-4,7,12,17H,5-6H2,1-2H3,(H,18,19). The summed E-state index contributed by atoms with van der Waals surface area (Å²) in [5, 5.41) is 19.5. The fraction of sp³-hybridized carbons (Fsp3) is 0.429. The van der Waals surface area contributed by atoms with Crippen molar-refractivity contribution in [3.63, 3.8) is 0 Å². The maximum Gasteiger partial charge on any atom is 0.312 e. The molecule has 1 fully saturated rings. The molecule has 5 nitrogen and oxygen atoms in total. The number of aromatic nitrogens is 2. The van der Waals surface area contributed by atoms with Crippen LogP contribution in [0.1, 0.15) is 30.3 Å². The number of hydrogen-bond donors (Lipinski definition) is 2. The lowest BCUT2D eigenvalue weighted by atomic mass is 9.93. The van der Waals surface area contributed by atoms with Crippen LogP contribution in [-0.4, -0.2) is 25.7 Å². The Kier molecular flexibility index (Phi) is 2.44. The molecule has 0 spiro atoms. The van der Waals surface area contributed by atoms with Gasteiger partial charge in [-0.25, -0.2) is 4.98 Å². The van der Waals surface area contributed by atoms with Gasteiger partial charge in [0.05, 0.1) is 22.6 Å². The van der Waals surface area contributed by atoms with Gasteiger partial charge in [0.15, 0.2) is 0 Å². The Morgan fingerprint density at radius 3 is 2.74 bits per heavy atom. The number of aliphatic hydroxyl groups excluding tert-OH is 1. The molecule has 5 heteroatoms. The molecule has 1 aliphatic rings. The van der Waals surface area contributed by atoms with Gasteiger partial charge >= 0.3 is 5.97 Å². The molecular formula is C14H16N2O3. The third-order valence-corrected chi connectivity index (χ3v) is 4.18. The lowest BCUT2D eigenvalue weighted by Crippen LogP contribution is -2.23. The molecule has 1 unspecified atom stereocenters. The van der Waals surface area contributed by atoms with Gasteiger partial charge in [0, 0.05) is 7.05 Å². The smallest absolute Gasteiger partial charge is 0.312 e. The van der Waals surface area contributed by atoms with E-state index in [9.17, 15) is 15.0 Å². The maximum atomic E-state index is 11.2. The zero-order valence-corrected chi connectivity index (χ0v) is 10.9. The van der Waals surface area contributed by atoms with Crippen LogP contribution in [0.4, 0.5) is 0 Å². The number of aryl methyl sites for hydroxylation is 2. The Morgan fingerprint density at radius 2 is 2.16 bits per heavy atom. The minimum Gasteiger partial charge on any atom is -0.481 e. The fourth-order valence-corrected chi connectivity index (χ4v) is 2.57. The Bertz CT molecular complexity index is 671. The highest BCUT2D eigenvalue weighted by atomic mass is 16.4. The van der Waals surface area contributed by atoms with Crippen molar-refractivity contribution in [2.45, 2.75) is 25.9 Å². The van der Waals surface area contributed by atoms with E-state index in [0.29, 0.717) is 18.4 Å². The molecule has 0 aliphatic heterocycles. The summed E-state index contributed by atoms with van der Waals surface area (Å²) in [4.78, 5) is 15.6. The number of carboxylic acid groups (broad SMARTS) is 1. The molecular weight excluding hydrogens is 244 g/mol. The predicted octanol–water partition coefficient (Wildman–Crippen LogP) is 1.78. The number of imidazole rings is 1. The molecule has 1 saturated carbocycles. The van der Waals surface area contributed by atoms with Gasteiger partial charge in [-0.2, -0.15) is 0 Å². The first-order valence-corrected chi connectivity index (χ1v) is 6.30. The molecule has 100 valence electrons. The summed E-state index contributed by atoms with van der Waals surface area (Å²) in [7, 11) is 1.93. The number of aliphatic carboxylic acids is 1. The van der Waals surface area contributed by atoms with Gasteiger partial charge in [-0.15, -0.1) is 0 Å². The number of fused-ring (bicyclic) bond motifs is 1. The molecule has 19 heavy (non-hydrogen) atoms. The predicted molar refractivity (Wildman–Crippen MR) is 69.7 cm³/mol. The van der Waals surface area contributed by atoms with E-state index >= 15 is 0 Å². The fourth-order valence-electron chi connectivity index (χ4n) is 2.57. The third-order valence-electron chi connectivity index (χ3n) is 4.18. The normalized spacial score (nSPS) is 18.5. The minimum absolute atomic E-state index is 0.531. The Hall–Kier alpha value is -1.88. The van der Waals surface area contributed by atoms with Crippen molar-refractivity contribution >= 4 is 17.0 Å². The number of hydrogen-bond acceptors (Lipinski definition) is 3. The van der Waals surface area contributed by atoms with Gasteiger partial charge in [0.2, 0.25) is 0 Å². The monoisotopic (exact) mass is 260 g/mol. The number of carbonyl (C=O) groups is 1. The Labute approximate surface area is 110 Å². The van der Waals surface area contributed by atoms with Crippen molar-refractivity contribution in [2.24, 2.45) is 12.5 Å². The van der Waals surface area contributed by atoms with E-state index < -0.39 is 17.5 Å². The summed E-state index contributed by atoms with van der Waals surface area (Å²) in [6.45, 7) is 1.91. The second-order valence-electron chi connectivity index (χ2n) is 5.33. The van der Waals surface area contributed by atoms with Gasteiger partial charge in [-0.05, 0) is 37.5 Å². The van der Waals surface area contributed by atoms with Crippen molar-refractivity contribution in [1.29, 1.82) is 0 Å². The first kappa shape index (κ1) is 12.2. The number of rotatable bonds is 3. The molecule has 1 aromatic heterocycles. The summed E-state index contributed by atoms with van der Waals surface area (Å²) in [5.41, 5.74) is 1.41. The lowest BCUT2D eigenvalue weighted by Gasteiger charge is -2.18. The van der Waals surface area contributed by atoms with Crippen molar-refractivity contribution < 1.29 is 15.0 Å². The summed E-state index contributed by atoms with van der Waals surface area (Å²) in [5.74, 6) is -0.0293. The number of nitrogens with zero attached hydrogens (tertiary/aromatic N) is 2. The highest BCUT2D eigenvalue weighted by Gasteiger charge is 2.56. The zero-order chi connectivity index (χ0) is 13.8. The molecule has 1 atom stereocenters. The minimum atomic E-state index is -0.989. The number of aliphatic hydroxyl groups is 1. The van der Waals surface area contributed by atoms with Crippen molar-refractivity contribution in [2.75, 3.05) is 0 Å². The molecule has 3 rings (SSSR count). The van der Waals surface area contributed by atoms with Gasteiger partial charge in [-0.3, -0.25) is 4.79 Å². The molecule has 0 radical (unpaired) electrons. The topological polar surface area (TPSA) is 75.3 Å². The highest BCUT2D eigenvalue weighted by Crippen LogP contribution is 2.55. The van der Waals surface area contributed by atoms with Crippen LogP contribution >= 0.6 is 0 Å². The average Bonchev–Trinajstić information content (AvgIpc) is 3.13. The van der Waals surface area contributed by atoms with E-state index in [-0.39, 0.29) is 0 Å². The quantitative estimate of drug-likeness (QED) is 0.882. The van der Waals surface area contributed by atoms with E-state index in [2.05, 4.69) is 4.98 Å². The zero-order valence-electron chi connectivity index (χ0n) is 10.9. The Morgan fingerprint density at radius 1 is 1.47 bits per heavy atom. The largest absolute Gasteiger partial charge is 0.481 e. The van der Waals surface area contributed by atoms with Gasteiger partial charge in [0.1, 0.15) is 5.82 Å². The van der Waals surface area contributed by atoms with Crippen LogP contribution in [0.5, 0.6) is 0 Å². The lowest BCUT2D eigenvalue weighted by molar-refractivity contribution is -0.148. The second-order valence-corrected chi connectivity index (χ2v) is 5.33. The van der Waals surface area contributed by atoms with Crippen LogP contribution in [0, 0.1) is 12.3 Å². The van der Waals surface area contributed by atoms with Crippen molar-refractivity contribution in [3.05, 3.63) is 29.6 Å². The summed E-state index contributed by atoms with van der Waals surface area (Å²) >= 11 is 0. The number of carboxylic acids is 1. The first-order valence-electron chi connectivity index (χ1n) is 6.30. The first-order chi connectivity index (χ1) is 8.95. The maximum absolute atomic E-state index is 11.2. The third kappa shape index (κ3) is 1.65. The van der Waals surface area contributed by atoms with Crippen molar-refractivity contribution in [1.82, 2.24) is 9.55 Å². The van der Waals surface area contributed by atoms with Crippen LogP contribution in [0.2, 0.25) is 0 Å². The second kappa shape index (κ2) is 3.81. The molecule has 2 aromatic rings. The van der Waals surface area contributed by atoms with E-state index in [0.717, 1.165) is 16.9 Å². The number of benzene rings is 1. The van der Waals surface area contributed by atoms with E-state index in [1.165, 1.54) is 0 Å². The van der Waals surface area contributed by atoms with Crippen LogP contribution in [-0.2, 0) is 11.8 Å². The molecule has 0 bridgehead atoms. The molecule has 2 N–H and O–H groups in total. The van der Waals surface area contributed by atoms with Gasteiger partial charge in [-0.1, -0.05) is 6.07 Å². The molecule has 0 amide bonds. The van der Waals surface area contributed by atoms with E-state index in [1.807, 2.05) is 24.6 Å². The van der Waals surface area contributed by atoms with Crippen molar-refractivity contribution in [3.8, 4) is 0 Å². The highest BCUT2D eigenvalue weighted by molar-refractivity contribution is 5.80. The average molecular weight is 260 g/mol.